The van der Waals surface area contributed by atoms with Crippen LogP contribution in [0.2, 0.25) is 10.0 Å². The fourth-order valence-electron chi connectivity index (χ4n) is 2.58. The van der Waals surface area contributed by atoms with Gasteiger partial charge < -0.3 is 5.32 Å². The first-order valence-electron chi connectivity index (χ1n) is 8.07. The van der Waals surface area contributed by atoms with E-state index >= 15 is 0 Å². The zero-order valence-electron chi connectivity index (χ0n) is 13.9. The molecule has 27 heavy (non-hydrogen) atoms. The van der Waals surface area contributed by atoms with Crippen LogP contribution in [-0.2, 0) is 0 Å². The molecule has 3 nitrogen and oxygen atoms in total. The maximum Gasteiger partial charge on any atom is 0.306 e. The molecule has 0 fully saturated rings. The zero-order chi connectivity index (χ0) is 18.8. The van der Waals surface area contributed by atoms with E-state index in [9.17, 15) is 4.39 Å². The van der Waals surface area contributed by atoms with Crippen molar-refractivity contribution in [2.45, 2.75) is 0 Å². The van der Waals surface area contributed by atoms with E-state index in [4.69, 9.17) is 23.2 Å². The topological polar surface area (TPSA) is 28.8 Å². The molecule has 7 heteroatoms. The Balaban J connectivity index is 1.85. The van der Waals surface area contributed by atoms with Crippen LogP contribution in [0.1, 0.15) is 0 Å². The fourth-order valence-corrected chi connectivity index (χ4v) is 4.02. The van der Waals surface area contributed by atoms with Gasteiger partial charge in [0.15, 0.2) is 0 Å². The summed E-state index contributed by atoms with van der Waals surface area (Å²) in [5.41, 5.74) is 2.40. The van der Waals surface area contributed by atoms with Crippen molar-refractivity contribution in [2.75, 3.05) is 5.32 Å². The van der Waals surface area contributed by atoms with Gasteiger partial charge in [-0.1, -0.05) is 47.5 Å². The third-order valence-electron chi connectivity index (χ3n) is 3.85. The van der Waals surface area contributed by atoms with Gasteiger partial charge in [0, 0.05) is 22.9 Å². The quantitative estimate of drug-likeness (QED) is 0.396. The Morgan fingerprint density at radius 2 is 1.63 bits per heavy atom. The predicted molar refractivity (Wildman–Crippen MR) is 109 cm³/mol. The van der Waals surface area contributed by atoms with Crippen LogP contribution in [0.15, 0.2) is 72.8 Å². The van der Waals surface area contributed by atoms with Gasteiger partial charge in [0.2, 0.25) is 5.69 Å². The summed E-state index contributed by atoms with van der Waals surface area (Å²) >= 11 is 14.1. The maximum atomic E-state index is 13.4. The molecule has 1 N–H and O–H groups in total. The lowest BCUT2D eigenvalue weighted by Gasteiger charge is -2.00. The summed E-state index contributed by atoms with van der Waals surface area (Å²) in [4.78, 5) is 0. The molecule has 3 aromatic carbocycles. The van der Waals surface area contributed by atoms with E-state index in [0.717, 1.165) is 21.9 Å². The maximum absolute atomic E-state index is 13.4. The van der Waals surface area contributed by atoms with Gasteiger partial charge in [-0.15, -0.1) is 0 Å². The molecule has 0 aliphatic carbocycles. The van der Waals surface area contributed by atoms with Crippen LogP contribution < -0.4 is 10.00 Å². The number of para-hydroxylation sites is 1. The van der Waals surface area contributed by atoms with Crippen molar-refractivity contribution in [3.63, 3.8) is 0 Å². The number of anilines is 2. The van der Waals surface area contributed by atoms with Crippen molar-refractivity contribution in [1.29, 1.82) is 0 Å². The SMILES string of the molecule is Fc1ccc(-[n+]2nc(Nc3ccccc3)sc2-c2cccc(Cl)c2Cl)cc1. The van der Waals surface area contributed by atoms with Gasteiger partial charge in [-0.25, -0.2) is 4.39 Å². The van der Waals surface area contributed by atoms with Gasteiger partial charge in [0.05, 0.1) is 15.6 Å². The van der Waals surface area contributed by atoms with Gasteiger partial charge >= 0.3 is 5.01 Å². The summed E-state index contributed by atoms with van der Waals surface area (Å²) < 4.78 is 15.1. The second-order valence-corrected chi connectivity index (χ2v) is 7.46. The molecule has 0 aliphatic rings. The Kier molecular flexibility index (Phi) is 5.07. The monoisotopic (exact) mass is 416 g/mol. The number of aromatic nitrogens is 2. The number of halogens is 3. The van der Waals surface area contributed by atoms with E-state index in [2.05, 4.69) is 10.4 Å². The average Bonchev–Trinajstić information content (AvgIpc) is 3.09. The number of hydrogen-bond donors (Lipinski definition) is 1. The lowest BCUT2D eigenvalue weighted by Crippen LogP contribution is -2.34. The van der Waals surface area contributed by atoms with Crippen molar-refractivity contribution >= 4 is 45.4 Å². The van der Waals surface area contributed by atoms with E-state index < -0.39 is 0 Å². The summed E-state index contributed by atoms with van der Waals surface area (Å²) in [6, 6.07) is 21.3. The molecule has 0 saturated carbocycles. The Hall–Kier alpha value is -2.47. The highest BCUT2D eigenvalue weighted by Gasteiger charge is 2.27. The second kappa shape index (κ2) is 7.64. The van der Waals surface area contributed by atoms with E-state index in [1.54, 1.807) is 22.9 Å². The molecule has 4 aromatic rings. The molecule has 0 unspecified atom stereocenters. The molecule has 0 radical (unpaired) electrons. The van der Waals surface area contributed by atoms with Crippen molar-refractivity contribution in [1.82, 2.24) is 5.10 Å². The number of nitrogens with one attached hydrogen (secondary N) is 1. The van der Waals surface area contributed by atoms with E-state index in [0.29, 0.717) is 15.2 Å². The molecule has 0 atom stereocenters. The molecular formula is C20H13Cl2FN3S+. The lowest BCUT2D eigenvalue weighted by atomic mass is 10.2. The first-order valence-corrected chi connectivity index (χ1v) is 9.64. The fraction of sp³-hybridized carbons (Fsp3) is 0. The normalized spacial score (nSPS) is 10.8. The summed E-state index contributed by atoms with van der Waals surface area (Å²) in [7, 11) is 0. The Bertz CT molecular complexity index is 1080. The number of hydrogen-bond acceptors (Lipinski definition) is 3. The minimum absolute atomic E-state index is 0.306. The standard InChI is InChI=1S/C20H13Cl2FN3S/c21-17-8-4-7-16(18(17)22)19-26(15-11-9-13(23)10-12-15)25-20(27-19)24-14-5-2-1-3-6-14/h1-12H,(H,24,25)/q+1. The summed E-state index contributed by atoms with van der Waals surface area (Å²) in [6.07, 6.45) is 0. The van der Waals surface area contributed by atoms with E-state index in [1.165, 1.54) is 23.5 Å². The highest BCUT2D eigenvalue weighted by molar-refractivity contribution is 7.18. The molecule has 4 rings (SSSR count). The van der Waals surface area contributed by atoms with Crippen molar-refractivity contribution in [3.8, 4) is 16.3 Å². The average molecular weight is 417 g/mol. The first-order chi connectivity index (χ1) is 13.1. The number of rotatable bonds is 4. The minimum Gasteiger partial charge on any atom is -0.327 e. The third kappa shape index (κ3) is 3.81. The third-order valence-corrected chi connectivity index (χ3v) is 5.64. The van der Waals surface area contributed by atoms with Crippen molar-refractivity contribution in [2.24, 2.45) is 0 Å². The first kappa shape index (κ1) is 17.9. The van der Waals surface area contributed by atoms with Crippen LogP contribution in [-0.4, -0.2) is 5.10 Å². The van der Waals surface area contributed by atoms with E-state index in [-0.39, 0.29) is 5.82 Å². The van der Waals surface area contributed by atoms with Crippen LogP contribution in [0.3, 0.4) is 0 Å². The molecule has 0 saturated heterocycles. The Labute approximate surface area is 169 Å². The van der Waals surface area contributed by atoms with Gasteiger partial charge in [-0.3, -0.25) is 0 Å². The summed E-state index contributed by atoms with van der Waals surface area (Å²) in [6.45, 7) is 0. The van der Waals surface area contributed by atoms with Crippen molar-refractivity contribution in [3.05, 3.63) is 88.7 Å². The lowest BCUT2D eigenvalue weighted by molar-refractivity contribution is -0.642. The van der Waals surface area contributed by atoms with Crippen LogP contribution in [0, 0.1) is 5.82 Å². The van der Waals surface area contributed by atoms with Crippen LogP contribution in [0.4, 0.5) is 15.2 Å². The summed E-state index contributed by atoms with van der Waals surface area (Å²) in [5, 5.41) is 10.3. The van der Waals surface area contributed by atoms with Gasteiger partial charge in [-0.05, 0) is 52.4 Å². The smallest absolute Gasteiger partial charge is 0.306 e. The van der Waals surface area contributed by atoms with Gasteiger partial charge in [0.25, 0.3) is 5.13 Å². The minimum atomic E-state index is -0.306. The zero-order valence-corrected chi connectivity index (χ0v) is 16.2. The molecular weight excluding hydrogens is 404 g/mol. The van der Waals surface area contributed by atoms with Crippen LogP contribution in [0.5, 0.6) is 0 Å². The number of nitrogens with zero attached hydrogens (tertiary/aromatic N) is 2. The molecule has 1 heterocycles. The van der Waals surface area contributed by atoms with Gasteiger partial charge in [0.1, 0.15) is 5.82 Å². The summed E-state index contributed by atoms with van der Waals surface area (Å²) in [5.74, 6) is -0.306. The van der Waals surface area contributed by atoms with E-state index in [1.807, 2.05) is 42.5 Å². The van der Waals surface area contributed by atoms with Crippen molar-refractivity contribution < 1.29 is 9.07 Å². The molecule has 1 aromatic heterocycles. The molecule has 0 bridgehead atoms. The molecule has 0 spiro atoms. The van der Waals surface area contributed by atoms with Crippen LogP contribution >= 0.6 is 34.5 Å². The molecule has 0 amide bonds. The second-order valence-electron chi connectivity index (χ2n) is 5.69. The van der Waals surface area contributed by atoms with Crippen LogP contribution in [0.25, 0.3) is 16.3 Å². The highest BCUT2D eigenvalue weighted by Crippen LogP contribution is 2.36. The Morgan fingerprint density at radius 1 is 0.889 bits per heavy atom. The highest BCUT2D eigenvalue weighted by atomic mass is 35.5. The number of benzene rings is 3. The molecule has 0 aliphatic heterocycles. The molecule has 134 valence electrons. The Morgan fingerprint density at radius 3 is 2.37 bits per heavy atom. The predicted octanol–water partition coefficient (Wildman–Crippen LogP) is 6.28. The largest absolute Gasteiger partial charge is 0.327 e. The van der Waals surface area contributed by atoms with Gasteiger partial charge in [-0.2, -0.15) is 0 Å².